The highest BCUT2D eigenvalue weighted by atomic mass is 16.4. The van der Waals surface area contributed by atoms with Crippen LogP contribution in [0.25, 0.3) is 0 Å². The molecule has 0 saturated carbocycles. The van der Waals surface area contributed by atoms with Gasteiger partial charge in [-0.15, -0.1) is 0 Å². The summed E-state index contributed by atoms with van der Waals surface area (Å²) in [6.07, 6.45) is 3.74. The number of hydrogen-bond acceptors (Lipinski definition) is 8. The van der Waals surface area contributed by atoms with Crippen LogP contribution in [-0.2, 0) is 19.2 Å². The number of nitrogens with zero attached hydrogens (tertiary/aromatic N) is 1. The number of unbranched alkanes of at least 4 members (excludes halogenated alkanes) is 2. The molecule has 220 valence electrons. The fraction of sp³-hybridized carbons (Fsp3) is 0.792. The molecular formula is C24H49N9O5. The van der Waals surface area contributed by atoms with Crippen LogP contribution in [0.1, 0.15) is 71.6 Å². The fourth-order valence-corrected chi connectivity index (χ4v) is 3.72. The summed E-state index contributed by atoms with van der Waals surface area (Å²) < 4.78 is 0. The molecule has 0 aromatic carbocycles. The number of carbonyl (C=O) groups excluding carboxylic acids is 3. The molecule has 0 rings (SSSR count). The van der Waals surface area contributed by atoms with Crippen molar-refractivity contribution in [2.24, 2.45) is 39.6 Å². The number of nitrogens with two attached hydrogens (primary N) is 5. The third-order valence-electron chi connectivity index (χ3n) is 5.78. The minimum Gasteiger partial charge on any atom is -0.480 e. The highest BCUT2D eigenvalue weighted by Crippen LogP contribution is 2.08. The lowest BCUT2D eigenvalue weighted by atomic mass is 10.0. The molecule has 0 aromatic heterocycles. The highest BCUT2D eigenvalue weighted by molar-refractivity contribution is 5.94. The molecule has 0 aromatic rings. The number of carboxylic acid groups (broad SMARTS) is 1. The van der Waals surface area contributed by atoms with Gasteiger partial charge in [-0.05, 0) is 76.8 Å². The summed E-state index contributed by atoms with van der Waals surface area (Å²) in [6.45, 7) is 4.91. The number of aliphatic imine (C=N–C) groups is 1. The Kier molecular flexibility index (Phi) is 18.5. The van der Waals surface area contributed by atoms with E-state index in [-0.39, 0.29) is 31.3 Å². The Morgan fingerprint density at radius 1 is 0.737 bits per heavy atom. The normalized spacial score (nSPS) is 14.2. The average molecular weight is 544 g/mol. The molecule has 14 N–H and O–H groups in total. The first kappa shape index (κ1) is 35.0. The molecule has 0 bridgehead atoms. The Hall–Kier alpha value is -2.97. The van der Waals surface area contributed by atoms with Crippen molar-refractivity contribution in [1.82, 2.24) is 16.0 Å². The van der Waals surface area contributed by atoms with E-state index in [1.807, 2.05) is 13.8 Å². The molecule has 0 radical (unpaired) electrons. The summed E-state index contributed by atoms with van der Waals surface area (Å²) >= 11 is 0. The van der Waals surface area contributed by atoms with Gasteiger partial charge < -0.3 is 49.7 Å². The van der Waals surface area contributed by atoms with Gasteiger partial charge in [-0.25, -0.2) is 4.79 Å². The van der Waals surface area contributed by atoms with Crippen molar-refractivity contribution in [3.8, 4) is 0 Å². The molecule has 4 atom stereocenters. The molecule has 14 heteroatoms. The van der Waals surface area contributed by atoms with Crippen molar-refractivity contribution >= 4 is 29.7 Å². The van der Waals surface area contributed by atoms with Crippen molar-refractivity contribution in [2.75, 3.05) is 19.6 Å². The van der Waals surface area contributed by atoms with Crippen LogP contribution in [-0.4, -0.2) is 78.6 Å². The van der Waals surface area contributed by atoms with Crippen LogP contribution in [0.2, 0.25) is 0 Å². The maximum absolute atomic E-state index is 13.2. The Bertz CT molecular complexity index is 760. The van der Waals surface area contributed by atoms with Gasteiger partial charge in [0.2, 0.25) is 17.7 Å². The summed E-state index contributed by atoms with van der Waals surface area (Å²) in [5, 5.41) is 17.4. The Morgan fingerprint density at radius 2 is 1.18 bits per heavy atom. The largest absolute Gasteiger partial charge is 0.480 e. The smallest absolute Gasteiger partial charge is 0.326 e. The molecule has 4 unspecified atom stereocenters. The third kappa shape index (κ3) is 16.0. The molecule has 3 amide bonds. The number of nitrogens with one attached hydrogen (secondary N) is 3. The Morgan fingerprint density at radius 3 is 1.63 bits per heavy atom. The van der Waals surface area contributed by atoms with Crippen LogP contribution in [0.4, 0.5) is 0 Å². The molecule has 0 aliphatic carbocycles. The van der Waals surface area contributed by atoms with Crippen molar-refractivity contribution in [2.45, 2.75) is 95.8 Å². The molecule has 0 saturated heterocycles. The van der Waals surface area contributed by atoms with Gasteiger partial charge in [-0.3, -0.25) is 19.4 Å². The van der Waals surface area contributed by atoms with E-state index in [9.17, 15) is 24.3 Å². The molecule has 0 fully saturated rings. The molecule has 14 nitrogen and oxygen atoms in total. The summed E-state index contributed by atoms with van der Waals surface area (Å²) in [4.78, 5) is 54.5. The zero-order chi connectivity index (χ0) is 29.1. The quantitative estimate of drug-likeness (QED) is 0.0445. The third-order valence-corrected chi connectivity index (χ3v) is 5.78. The topological polar surface area (TPSA) is 267 Å². The van der Waals surface area contributed by atoms with Crippen LogP contribution in [0.15, 0.2) is 4.99 Å². The van der Waals surface area contributed by atoms with Gasteiger partial charge in [0, 0.05) is 6.54 Å². The second-order valence-corrected chi connectivity index (χ2v) is 9.78. The van der Waals surface area contributed by atoms with Gasteiger partial charge in [0.15, 0.2) is 5.96 Å². The average Bonchev–Trinajstić information content (AvgIpc) is 2.83. The number of guanidine groups is 1. The number of hydrogen-bond donors (Lipinski definition) is 9. The lowest BCUT2D eigenvalue weighted by Crippen LogP contribution is -2.57. The maximum atomic E-state index is 13.2. The second kappa shape index (κ2) is 20.1. The first-order valence-corrected chi connectivity index (χ1v) is 13.3. The van der Waals surface area contributed by atoms with Crippen LogP contribution in [0.5, 0.6) is 0 Å². The summed E-state index contributed by atoms with van der Waals surface area (Å²) in [7, 11) is 0. The SMILES string of the molecule is CC(C)CC(N)C(=O)NC(CCCCN)C(=O)NC(CCCN=C(N)N)C(=O)NC(CCCCN)C(=O)O. The van der Waals surface area contributed by atoms with Gasteiger partial charge in [-0.2, -0.15) is 0 Å². The lowest BCUT2D eigenvalue weighted by Gasteiger charge is -2.25. The monoisotopic (exact) mass is 543 g/mol. The summed E-state index contributed by atoms with van der Waals surface area (Å²) in [6, 6.07) is -3.95. The van der Waals surface area contributed by atoms with E-state index in [0.717, 1.165) is 0 Å². The number of rotatable bonds is 21. The van der Waals surface area contributed by atoms with Crippen LogP contribution in [0.3, 0.4) is 0 Å². The van der Waals surface area contributed by atoms with Gasteiger partial charge in [0.05, 0.1) is 6.04 Å². The first-order chi connectivity index (χ1) is 17.9. The highest BCUT2D eigenvalue weighted by Gasteiger charge is 2.30. The zero-order valence-electron chi connectivity index (χ0n) is 22.8. The Balaban J connectivity index is 5.62. The van der Waals surface area contributed by atoms with E-state index < -0.39 is 47.9 Å². The van der Waals surface area contributed by atoms with Gasteiger partial charge >= 0.3 is 5.97 Å². The molecule has 0 aliphatic rings. The van der Waals surface area contributed by atoms with Gasteiger partial charge in [-0.1, -0.05) is 13.8 Å². The molecule has 38 heavy (non-hydrogen) atoms. The number of carbonyl (C=O) groups is 4. The molecular weight excluding hydrogens is 494 g/mol. The Labute approximate surface area is 225 Å². The number of aliphatic carboxylic acids is 1. The number of carboxylic acids is 1. The van der Waals surface area contributed by atoms with E-state index in [1.54, 1.807) is 0 Å². The lowest BCUT2D eigenvalue weighted by molar-refractivity contribution is -0.142. The second-order valence-electron chi connectivity index (χ2n) is 9.78. The van der Waals surface area contributed by atoms with Crippen molar-refractivity contribution in [3.63, 3.8) is 0 Å². The van der Waals surface area contributed by atoms with Crippen molar-refractivity contribution < 1.29 is 24.3 Å². The van der Waals surface area contributed by atoms with E-state index >= 15 is 0 Å². The fourth-order valence-electron chi connectivity index (χ4n) is 3.72. The predicted molar refractivity (Wildman–Crippen MR) is 147 cm³/mol. The van der Waals surface area contributed by atoms with Crippen molar-refractivity contribution in [3.05, 3.63) is 0 Å². The van der Waals surface area contributed by atoms with E-state index in [1.165, 1.54) is 0 Å². The minimum absolute atomic E-state index is 0.110. The predicted octanol–water partition coefficient (Wildman–Crippen LogP) is -1.79. The summed E-state index contributed by atoms with van der Waals surface area (Å²) in [5.74, 6) is -2.82. The van der Waals surface area contributed by atoms with E-state index in [0.29, 0.717) is 58.0 Å². The van der Waals surface area contributed by atoms with Crippen LogP contribution in [0, 0.1) is 5.92 Å². The van der Waals surface area contributed by atoms with Crippen LogP contribution >= 0.6 is 0 Å². The maximum Gasteiger partial charge on any atom is 0.326 e. The minimum atomic E-state index is -1.19. The van der Waals surface area contributed by atoms with E-state index in [4.69, 9.17) is 28.7 Å². The zero-order valence-corrected chi connectivity index (χ0v) is 22.8. The molecule has 0 aliphatic heterocycles. The van der Waals surface area contributed by atoms with Crippen molar-refractivity contribution in [1.29, 1.82) is 0 Å². The van der Waals surface area contributed by atoms with Gasteiger partial charge in [0.1, 0.15) is 18.1 Å². The standard InChI is InChI=1S/C24H49N9O5/c1-15(2)14-16(27)20(34)31-17(8-3-5-11-25)21(35)32-18(10-7-13-30-24(28)29)22(36)33-19(23(37)38)9-4-6-12-26/h15-19H,3-14,25-27H2,1-2H3,(H,31,34)(H,32,35)(H,33,36)(H,37,38)(H4,28,29,30). The molecule has 0 heterocycles. The van der Waals surface area contributed by atoms with Crippen LogP contribution < -0.4 is 44.6 Å². The summed E-state index contributed by atoms with van der Waals surface area (Å²) in [5.41, 5.74) is 27.7. The van der Waals surface area contributed by atoms with E-state index in [2.05, 4.69) is 20.9 Å². The first-order valence-electron chi connectivity index (χ1n) is 13.3. The molecule has 0 spiro atoms. The number of amides is 3. The van der Waals surface area contributed by atoms with Gasteiger partial charge in [0.25, 0.3) is 0 Å².